The monoisotopic (exact) mass is 189 g/mol. The van der Waals surface area contributed by atoms with Crippen LogP contribution in [-0.2, 0) is 0 Å². The van der Waals surface area contributed by atoms with Gasteiger partial charge in [0, 0.05) is 11.6 Å². The van der Waals surface area contributed by atoms with Crippen molar-refractivity contribution in [2.45, 2.75) is 13.0 Å². The number of benzene rings is 1. The van der Waals surface area contributed by atoms with Gasteiger partial charge >= 0.3 is 0 Å². The summed E-state index contributed by atoms with van der Waals surface area (Å²) in [6.45, 7) is 1.74. The Morgan fingerprint density at radius 1 is 1.33 bits per heavy atom. The highest BCUT2D eigenvalue weighted by Gasteiger charge is 2.08. The Hall–Kier alpha value is -0.930. The number of nitrogens with two attached hydrogens (primary N) is 1. The number of hydrogen-bond donors (Lipinski definition) is 3. The van der Waals surface area contributed by atoms with Gasteiger partial charge in [-0.3, -0.25) is 0 Å². The number of hydrogen-bond acceptors (Lipinski definition) is 3. The average molecular weight is 190 g/mol. The fraction of sp³-hybridized carbons (Fsp3) is 0.250. The third-order valence-electron chi connectivity index (χ3n) is 1.54. The molecule has 0 aliphatic heterocycles. The number of halogens is 1. The van der Waals surface area contributed by atoms with Crippen LogP contribution in [0.25, 0.3) is 0 Å². The molecule has 0 unspecified atom stereocenters. The average Bonchev–Trinajstić information content (AvgIpc) is 1.94. The summed E-state index contributed by atoms with van der Waals surface area (Å²) < 4.78 is 0. The van der Waals surface area contributed by atoms with Crippen LogP contribution in [0.3, 0.4) is 0 Å². The summed E-state index contributed by atoms with van der Waals surface area (Å²) in [5.74, 6) is -0.248. The van der Waals surface area contributed by atoms with E-state index in [1.165, 1.54) is 6.07 Å². The van der Waals surface area contributed by atoms with E-state index < -0.39 is 0 Å². The van der Waals surface area contributed by atoms with Crippen molar-refractivity contribution >= 4 is 12.4 Å². The minimum absolute atomic E-state index is 0. The second kappa shape index (κ2) is 4.18. The molecule has 0 aromatic heterocycles. The first-order valence-electron chi connectivity index (χ1n) is 3.39. The predicted molar refractivity (Wildman–Crippen MR) is 49.6 cm³/mol. The van der Waals surface area contributed by atoms with Crippen molar-refractivity contribution in [2.24, 2.45) is 5.73 Å². The molecule has 0 radical (unpaired) electrons. The van der Waals surface area contributed by atoms with E-state index in [9.17, 15) is 5.11 Å². The van der Waals surface area contributed by atoms with Gasteiger partial charge in [-0.1, -0.05) is 12.1 Å². The molecule has 0 aliphatic rings. The molecule has 4 heteroatoms. The van der Waals surface area contributed by atoms with Crippen molar-refractivity contribution in [2.75, 3.05) is 0 Å². The zero-order valence-electron chi connectivity index (χ0n) is 6.69. The minimum atomic E-state index is -0.262. The van der Waals surface area contributed by atoms with Gasteiger partial charge in [-0.15, -0.1) is 12.4 Å². The molecule has 12 heavy (non-hydrogen) atoms. The molecule has 0 saturated carbocycles. The van der Waals surface area contributed by atoms with Crippen molar-refractivity contribution < 1.29 is 10.2 Å². The van der Waals surface area contributed by atoms with Crippen molar-refractivity contribution in [1.29, 1.82) is 0 Å². The van der Waals surface area contributed by atoms with E-state index in [0.717, 1.165) is 0 Å². The first-order chi connectivity index (χ1) is 5.13. The van der Waals surface area contributed by atoms with E-state index in [1.54, 1.807) is 19.1 Å². The molecule has 0 aliphatic carbocycles. The van der Waals surface area contributed by atoms with Gasteiger partial charge in [-0.25, -0.2) is 0 Å². The largest absolute Gasteiger partial charge is 0.504 e. The van der Waals surface area contributed by atoms with Crippen LogP contribution in [0.4, 0.5) is 0 Å². The highest BCUT2D eigenvalue weighted by Crippen LogP contribution is 2.31. The standard InChI is InChI=1S/C8H11NO2.ClH/c1-5(9)6-3-2-4-7(10)8(6)11;/h2-5,10-11H,9H2,1H3;1H/t5-;/m1./s1. The molecule has 0 spiro atoms. The van der Waals surface area contributed by atoms with Crippen LogP contribution in [0.15, 0.2) is 18.2 Å². The van der Waals surface area contributed by atoms with Crippen LogP contribution in [0.1, 0.15) is 18.5 Å². The lowest BCUT2D eigenvalue weighted by Crippen LogP contribution is -2.04. The Morgan fingerprint density at radius 2 is 1.92 bits per heavy atom. The van der Waals surface area contributed by atoms with Crippen LogP contribution >= 0.6 is 12.4 Å². The maximum atomic E-state index is 9.24. The Bertz CT molecular complexity index is 263. The number of phenols is 2. The minimum Gasteiger partial charge on any atom is -0.504 e. The van der Waals surface area contributed by atoms with E-state index in [-0.39, 0.29) is 29.9 Å². The predicted octanol–water partition coefficient (Wildman–Crippen LogP) is 1.54. The lowest BCUT2D eigenvalue weighted by atomic mass is 10.1. The van der Waals surface area contributed by atoms with Crippen molar-refractivity contribution in [1.82, 2.24) is 0 Å². The fourth-order valence-electron chi connectivity index (χ4n) is 0.916. The van der Waals surface area contributed by atoms with Crippen LogP contribution in [0, 0.1) is 0 Å². The quantitative estimate of drug-likeness (QED) is 0.587. The van der Waals surface area contributed by atoms with Gasteiger partial charge in [0.05, 0.1) is 0 Å². The van der Waals surface area contributed by atoms with Crippen molar-refractivity contribution in [3.8, 4) is 11.5 Å². The van der Waals surface area contributed by atoms with Crippen LogP contribution in [-0.4, -0.2) is 10.2 Å². The van der Waals surface area contributed by atoms with E-state index in [1.807, 2.05) is 0 Å². The Labute approximate surface area is 77.2 Å². The van der Waals surface area contributed by atoms with Gasteiger partial charge in [-0.2, -0.15) is 0 Å². The molecule has 1 aromatic carbocycles. The molecule has 0 heterocycles. The molecule has 0 amide bonds. The normalized spacial score (nSPS) is 11.8. The van der Waals surface area contributed by atoms with Crippen molar-refractivity contribution in [3.05, 3.63) is 23.8 Å². The van der Waals surface area contributed by atoms with Crippen molar-refractivity contribution in [3.63, 3.8) is 0 Å². The molecule has 3 nitrogen and oxygen atoms in total. The zero-order chi connectivity index (χ0) is 8.43. The second-order valence-corrected chi connectivity index (χ2v) is 2.50. The zero-order valence-corrected chi connectivity index (χ0v) is 7.51. The first kappa shape index (κ1) is 11.1. The SMILES string of the molecule is C[C@@H](N)c1cccc(O)c1O.Cl. The van der Waals surface area contributed by atoms with Crippen LogP contribution in [0.2, 0.25) is 0 Å². The lowest BCUT2D eigenvalue weighted by molar-refractivity contribution is 0.397. The number of aromatic hydroxyl groups is 2. The summed E-state index contributed by atoms with van der Waals surface area (Å²) in [6.07, 6.45) is 0. The van der Waals surface area contributed by atoms with E-state index >= 15 is 0 Å². The molecule has 0 fully saturated rings. The summed E-state index contributed by atoms with van der Waals surface area (Å²) >= 11 is 0. The molecule has 0 bridgehead atoms. The molecule has 1 rings (SSSR count). The first-order valence-corrected chi connectivity index (χ1v) is 3.39. The third-order valence-corrected chi connectivity index (χ3v) is 1.54. The topological polar surface area (TPSA) is 66.5 Å². The van der Waals surface area contributed by atoms with Gasteiger partial charge in [0.15, 0.2) is 11.5 Å². The summed E-state index contributed by atoms with van der Waals surface area (Å²) in [7, 11) is 0. The molecule has 1 aromatic rings. The summed E-state index contributed by atoms with van der Waals surface area (Å²) in [6, 6.07) is 4.48. The maximum Gasteiger partial charge on any atom is 0.162 e. The summed E-state index contributed by atoms with van der Waals surface area (Å²) in [5, 5.41) is 18.3. The Morgan fingerprint density at radius 3 is 2.33 bits per heavy atom. The highest BCUT2D eigenvalue weighted by atomic mass is 35.5. The lowest BCUT2D eigenvalue weighted by Gasteiger charge is -2.08. The number of rotatable bonds is 1. The molecular weight excluding hydrogens is 178 g/mol. The van der Waals surface area contributed by atoms with E-state index in [0.29, 0.717) is 5.56 Å². The van der Waals surface area contributed by atoms with E-state index in [2.05, 4.69) is 0 Å². The number of phenolic OH excluding ortho intramolecular Hbond substituents is 2. The van der Waals surface area contributed by atoms with Gasteiger partial charge < -0.3 is 15.9 Å². The molecular formula is C8H12ClNO2. The third kappa shape index (κ3) is 2.03. The Balaban J connectivity index is 0.00000121. The number of para-hydroxylation sites is 1. The van der Waals surface area contributed by atoms with Gasteiger partial charge in [0.1, 0.15) is 0 Å². The molecule has 0 saturated heterocycles. The fourth-order valence-corrected chi connectivity index (χ4v) is 0.916. The van der Waals surface area contributed by atoms with Gasteiger partial charge in [0.2, 0.25) is 0 Å². The second-order valence-electron chi connectivity index (χ2n) is 2.50. The van der Waals surface area contributed by atoms with E-state index in [4.69, 9.17) is 10.8 Å². The molecule has 68 valence electrons. The molecule has 4 N–H and O–H groups in total. The highest BCUT2D eigenvalue weighted by molar-refractivity contribution is 5.85. The smallest absolute Gasteiger partial charge is 0.162 e. The summed E-state index contributed by atoms with van der Waals surface area (Å²) in [4.78, 5) is 0. The van der Waals surface area contributed by atoms with Crippen LogP contribution in [0.5, 0.6) is 11.5 Å². The maximum absolute atomic E-state index is 9.24. The van der Waals surface area contributed by atoms with Gasteiger partial charge in [-0.05, 0) is 13.0 Å². The molecule has 1 atom stereocenters. The van der Waals surface area contributed by atoms with Gasteiger partial charge in [0.25, 0.3) is 0 Å². The van der Waals surface area contributed by atoms with Crippen LogP contribution < -0.4 is 5.73 Å². The summed E-state index contributed by atoms with van der Waals surface area (Å²) in [5.41, 5.74) is 6.07. The Kier molecular flexibility index (Phi) is 3.86.